The topological polar surface area (TPSA) is 51.0 Å². The Hall–Kier alpha value is -2.14. The molecule has 0 fully saturated rings. The summed E-state index contributed by atoms with van der Waals surface area (Å²) < 4.78 is 19.4. The predicted octanol–water partition coefficient (Wildman–Crippen LogP) is 4.29. The SMILES string of the molecule is Cc1oc2c(C)cc(F)cc2c1CCNc1cc(Cl)ncn1. The van der Waals surface area contributed by atoms with Crippen LogP contribution in [0.1, 0.15) is 16.9 Å². The Morgan fingerprint density at radius 2 is 2.05 bits per heavy atom. The van der Waals surface area contributed by atoms with Crippen molar-refractivity contribution in [3.8, 4) is 0 Å². The van der Waals surface area contributed by atoms with Crippen LogP contribution in [-0.2, 0) is 6.42 Å². The summed E-state index contributed by atoms with van der Waals surface area (Å²) in [4.78, 5) is 7.91. The fraction of sp³-hybridized carbons (Fsp3) is 0.250. The number of anilines is 1. The maximum atomic E-state index is 13.6. The molecule has 0 saturated heterocycles. The molecule has 0 radical (unpaired) electrons. The van der Waals surface area contributed by atoms with Crippen LogP contribution in [0.25, 0.3) is 11.0 Å². The minimum atomic E-state index is -0.248. The average molecular weight is 320 g/mol. The minimum absolute atomic E-state index is 0.248. The van der Waals surface area contributed by atoms with Gasteiger partial charge in [-0.3, -0.25) is 0 Å². The van der Waals surface area contributed by atoms with Crippen LogP contribution in [-0.4, -0.2) is 16.5 Å². The van der Waals surface area contributed by atoms with Crippen LogP contribution in [0.3, 0.4) is 0 Å². The van der Waals surface area contributed by atoms with Gasteiger partial charge in [-0.25, -0.2) is 14.4 Å². The highest BCUT2D eigenvalue weighted by Gasteiger charge is 2.14. The Morgan fingerprint density at radius 3 is 2.82 bits per heavy atom. The molecule has 0 aliphatic rings. The predicted molar refractivity (Wildman–Crippen MR) is 84.9 cm³/mol. The van der Waals surface area contributed by atoms with E-state index >= 15 is 0 Å². The van der Waals surface area contributed by atoms with Gasteiger partial charge in [-0.2, -0.15) is 0 Å². The number of nitrogens with one attached hydrogen (secondary N) is 1. The highest BCUT2D eigenvalue weighted by atomic mass is 35.5. The number of hydrogen-bond donors (Lipinski definition) is 1. The number of furan rings is 1. The zero-order chi connectivity index (χ0) is 15.7. The van der Waals surface area contributed by atoms with Gasteiger partial charge in [-0.15, -0.1) is 0 Å². The molecule has 0 amide bonds. The molecule has 22 heavy (non-hydrogen) atoms. The third kappa shape index (κ3) is 2.90. The molecule has 2 heterocycles. The molecule has 1 N–H and O–H groups in total. The van der Waals surface area contributed by atoms with Crippen LogP contribution < -0.4 is 5.32 Å². The monoisotopic (exact) mass is 319 g/mol. The molecule has 1 aromatic carbocycles. The Morgan fingerprint density at radius 1 is 1.23 bits per heavy atom. The Bertz CT molecular complexity index is 832. The second kappa shape index (κ2) is 5.93. The number of hydrogen-bond acceptors (Lipinski definition) is 4. The summed E-state index contributed by atoms with van der Waals surface area (Å²) in [5.74, 6) is 1.22. The standard InChI is InChI=1S/C16H15ClFN3O/c1-9-5-11(18)6-13-12(10(2)22-16(9)13)3-4-19-15-7-14(17)20-8-21-15/h5-8H,3-4H2,1-2H3,(H,19,20,21). The lowest BCUT2D eigenvalue weighted by Crippen LogP contribution is -2.06. The van der Waals surface area contributed by atoms with E-state index in [-0.39, 0.29) is 5.82 Å². The molecule has 6 heteroatoms. The quantitative estimate of drug-likeness (QED) is 0.729. The molecular formula is C16H15ClFN3O. The van der Waals surface area contributed by atoms with E-state index in [1.165, 1.54) is 18.5 Å². The first-order valence-electron chi connectivity index (χ1n) is 6.94. The Balaban J connectivity index is 1.80. The lowest BCUT2D eigenvalue weighted by molar-refractivity contribution is 0.568. The van der Waals surface area contributed by atoms with Gasteiger partial charge in [-0.1, -0.05) is 11.6 Å². The second-order valence-electron chi connectivity index (χ2n) is 5.14. The second-order valence-corrected chi connectivity index (χ2v) is 5.53. The van der Waals surface area contributed by atoms with E-state index in [0.717, 1.165) is 27.9 Å². The molecule has 2 aromatic heterocycles. The van der Waals surface area contributed by atoms with Gasteiger partial charge in [0.2, 0.25) is 0 Å². The van der Waals surface area contributed by atoms with Gasteiger partial charge in [0.15, 0.2) is 0 Å². The molecule has 4 nitrogen and oxygen atoms in total. The summed E-state index contributed by atoms with van der Waals surface area (Å²) >= 11 is 5.81. The summed E-state index contributed by atoms with van der Waals surface area (Å²) in [5.41, 5.74) is 2.56. The molecule has 3 aromatic rings. The van der Waals surface area contributed by atoms with Crippen molar-refractivity contribution in [3.63, 3.8) is 0 Å². The molecular weight excluding hydrogens is 305 g/mol. The fourth-order valence-corrected chi connectivity index (χ4v) is 2.70. The third-order valence-corrected chi connectivity index (χ3v) is 3.77. The number of aromatic nitrogens is 2. The van der Waals surface area contributed by atoms with Crippen molar-refractivity contribution in [2.75, 3.05) is 11.9 Å². The first kappa shape index (κ1) is 14.8. The number of benzene rings is 1. The van der Waals surface area contributed by atoms with Crippen molar-refractivity contribution in [1.29, 1.82) is 0 Å². The first-order chi connectivity index (χ1) is 10.5. The van der Waals surface area contributed by atoms with E-state index in [2.05, 4.69) is 15.3 Å². The van der Waals surface area contributed by atoms with Gasteiger partial charge in [0.1, 0.15) is 34.5 Å². The molecule has 0 spiro atoms. The van der Waals surface area contributed by atoms with Crippen molar-refractivity contribution in [3.05, 3.63) is 52.4 Å². The van der Waals surface area contributed by atoms with E-state index in [0.29, 0.717) is 23.9 Å². The smallest absolute Gasteiger partial charge is 0.137 e. The minimum Gasteiger partial charge on any atom is -0.461 e. The van der Waals surface area contributed by atoms with Gasteiger partial charge in [-0.05, 0) is 38.0 Å². The van der Waals surface area contributed by atoms with Gasteiger partial charge in [0.05, 0.1) is 0 Å². The molecule has 0 unspecified atom stereocenters. The van der Waals surface area contributed by atoms with E-state index in [4.69, 9.17) is 16.0 Å². The molecule has 0 saturated carbocycles. The summed E-state index contributed by atoms with van der Waals surface area (Å²) in [6.45, 7) is 4.38. The average Bonchev–Trinajstić information content (AvgIpc) is 2.76. The number of rotatable bonds is 4. The molecule has 114 valence electrons. The number of nitrogens with zero attached hydrogens (tertiary/aromatic N) is 2. The van der Waals surface area contributed by atoms with Gasteiger partial charge in [0.25, 0.3) is 0 Å². The van der Waals surface area contributed by atoms with Crippen molar-refractivity contribution in [1.82, 2.24) is 9.97 Å². The summed E-state index contributed by atoms with van der Waals surface area (Å²) in [6.07, 6.45) is 2.10. The highest BCUT2D eigenvalue weighted by Crippen LogP contribution is 2.29. The Labute approximate surface area is 132 Å². The number of fused-ring (bicyclic) bond motifs is 1. The molecule has 0 aliphatic heterocycles. The molecule has 0 atom stereocenters. The zero-order valence-electron chi connectivity index (χ0n) is 12.3. The number of aryl methyl sites for hydroxylation is 2. The summed E-state index contributed by atoms with van der Waals surface area (Å²) in [7, 11) is 0. The Kier molecular flexibility index (Phi) is 3.98. The van der Waals surface area contributed by atoms with E-state index in [1.54, 1.807) is 6.07 Å². The van der Waals surface area contributed by atoms with Crippen LogP contribution in [0, 0.1) is 19.7 Å². The van der Waals surface area contributed by atoms with Gasteiger partial charge < -0.3 is 9.73 Å². The maximum Gasteiger partial charge on any atom is 0.137 e. The first-order valence-corrected chi connectivity index (χ1v) is 7.32. The van der Waals surface area contributed by atoms with E-state index < -0.39 is 0 Å². The largest absolute Gasteiger partial charge is 0.461 e. The van der Waals surface area contributed by atoms with Crippen molar-refractivity contribution in [2.45, 2.75) is 20.3 Å². The maximum absolute atomic E-state index is 13.6. The van der Waals surface area contributed by atoms with Gasteiger partial charge in [0, 0.05) is 23.6 Å². The van der Waals surface area contributed by atoms with E-state index in [1.807, 2.05) is 13.8 Å². The lowest BCUT2D eigenvalue weighted by atomic mass is 10.1. The van der Waals surface area contributed by atoms with Crippen LogP contribution >= 0.6 is 11.6 Å². The van der Waals surface area contributed by atoms with Crippen LogP contribution in [0.15, 0.2) is 28.9 Å². The lowest BCUT2D eigenvalue weighted by Gasteiger charge is -2.05. The number of halogens is 2. The molecule has 0 aliphatic carbocycles. The van der Waals surface area contributed by atoms with Crippen molar-refractivity contribution in [2.24, 2.45) is 0 Å². The third-order valence-electron chi connectivity index (χ3n) is 3.56. The van der Waals surface area contributed by atoms with E-state index in [9.17, 15) is 4.39 Å². The summed E-state index contributed by atoms with van der Waals surface area (Å²) in [5, 5.41) is 4.39. The van der Waals surface area contributed by atoms with Crippen LogP contribution in [0.2, 0.25) is 5.15 Å². The van der Waals surface area contributed by atoms with Crippen LogP contribution in [0.5, 0.6) is 0 Å². The highest BCUT2D eigenvalue weighted by molar-refractivity contribution is 6.29. The van der Waals surface area contributed by atoms with Crippen molar-refractivity contribution >= 4 is 28.4 Å². The summed E-state index contributed by atoms with van der Waals surface area (Å²) in [6, 6.07) is 4.66. The zero-order valence-corrected chi connectivity index (χ0v) is 13.0. The fourth-order valence-electron chi connectivity index (χ4n) is 2.55. The van der Waals surface area contributed by atoms with Crippen molar-refractivity contribution < 1.29 is 8.81 Å². The normalized spacial score (nSPS) is 11.1. The molecule has 0 bridgehead atoms. The van der Waals surface area contributed by atoms with Gasteiger partial charge >= 0.3 is 0 Å². The molecule has 3 rings (SSSR count). The van der Waals surface area contributed by atoms with Crippen LogP contribution in [0.4, 0.5) is 10.2 Å².